The maximum Gasteiger partial charge on any atom is 0.175 e. The fourth-order valence-electron chi connectivity index (χ4n) is 2.05. The summed E-state index contributed by atoms with van der Waals surface area (Å²) < 4.78 is 5.29. The molecular weight excluding hydrogens is 304 g/mol. The Morgan fingerprint density at radius 3 is 2.67 bits per heavy atom. The first kappa shape index (κ1) is 15.5. The van der Waals surface area contributed by atoms with E-state index in [9.17, 15) is 5.11 Å². The van der Waals surface area contributed by atoms with Crippen molar-refractivity contribution in [2.45, 2.75) is 6.92 Å². The molecule has 0 spiro atoms. The number of rotatable bonds is 4. The smallest absolute Gasteiger partial charge is 0.175 e. The minimum absolute atomic E-state index is 0.123. The number of phenols is 1. The maximum atomic E-state index is 9.64. The van der Waals surface area contributed by atoms with Gasteiger partial charge in [-0.3, -0.25) is 0 Å². The summed E-state index contributed by atoms with van der Waals surface area (Å²) in [7, 11) is 0. The second-order valence-electron chi connectivity index (χ2n) is 5.23. The Kier molecular flexibility index (Phi) is 4.38. The number of aromatic hydroxyl groups is 1. The van der Waals surface area contributed by atoms with Crippen molar-refractivity contribution in [2.75, 3.05) is 0 Å². The third kappa shape index (κ3) is 3.49. The fourth-order valence-corrected chi connectivity index (χ4v) is 2.05. The predicted octanol–water partition coefficient (Wildman–Crippen LogP) is 3.10. The van der Waals surface area contributed by atoms with Crippen LogP contribution in [0.4, 0.5) is 0 Å². The average Bonchev–Trinajstić information content (AvgIpc) is 3.07. The summed E-state index contributed by atoms with van der Waals surface area (Å²) in [5.74, 6) is 0.856. The van der Waals surface area contributed by atoms with Gasteiger partial charge in [-0.25, -0.2) is 0 Å². The van der Waals surface area contributed by atoms with Gasteiger partial charge in [-0.15, -0.1) is 5.10 Å². The van der Waals surface area contributed by atoms with Crippen LogP contribution in [0.2, 0.25) is 0 Å². The normalized spacial score (nSPS) is 12.0. The molecule has 6 nitrogen and oxygen atoms in total. The molecule has 0 amide bonds. The molecule has 1 aromatic heterocycles. The van der Waals surface area contributed by atoms with Gasteiger partial charge >= 0.3 is 0 Å². The lowest BCUT2D eigenvalue weighted by atomic mass is 10.1. The number of amidine groups is 1. The molecule has 24 heavy (non-hydrogen) atoms. The highest BCUT2D eigenvalue weighted by Gasteiger charge is 2.09. The highest BCUT2D eigenvalue weighted by Crippen LogP contribution is 2.20. The molecule has 0 aliphatic carbocycles. The summed E-state index contributed by atoms with van der Waals surface area (Å²) in [6.45, 7) is 2.02. The van der Waals surface area contributed by atoms with Crippen molar-refractivity contribution in [3.05, 3.63) is 71.4 Å². The van der Waals surface area contributed by atoms with Crippen molar-refractivity contribution in [3.8, 4) is 17.1 Å². The summed E-state index contributed by atoms with van der Waals surface area (Å²) in [5.41, 5.74) is 8.89. The zero-order valence-corrected chi connectivity index (χ0v) is 13.0. The van der Waals surface area contributed by atoms with Crippen LogP contribution in [-0.2, 0) is 0 Å². The Balaban J connectivity index is 1.77. The van der Waals surface area contributed by atoms with Crippen LogP contribution in [0.3, 0.4) is 0 Å². The fraction of sp³-hybridized carbons (Fsp3) is 0.0556. The minimum atomic E-state index is 0.123. The highest BCUT2D eigenvalue weighted by atomic mass is 16.5. The Morgan fingerprint density at radius 2 is 1.92 bits per heavy atom. The van der Waals surface area contributed by atoms with E-state index in [1.807, 2.05) is 31.2 Å². The first-order valence-corrected chi connectivity index (χ1v) is 7.32. The largest absolute Gasteiger partial charge is 0.507 e. The van der Waals surface area contributed by atoms with Crippen LogP contribution in [0.1, 0.15) is 16.8 Å². The molecule has 0 saturated heterocycles. The van der Waals surface area contributed by atoms with Gasteiger partial charge in [-0.2, -0.15) is 5.10 Å². The summed E-state index contributed by atoms with van der Waals surface area (Å²) in [6, 6.07) is 16.4. The number of aryl methyl sites for hydroxylation is 1. The van der Waals surface area contributed by atoms with Gasteiger partial charge in [0.1, 0.15) is 5.75 Å². The zero-order chi connectivity index (χ0) is 16.9. The molecule has 0 bridgehead atoms. The molecule has 0 aliphatic rings. The van der Waals surface area contributed by atoms with Crippen LogP contribution >= 0.6 is 0 Å². The van der Waals surface area contributed by atoms with Gasteiger partial charge in [-0.1, -0.05) is 47.1 Å². The lowest BCUT2D eigenvalue weighted by Crippen LogP contribution is -2.12. The van der Waals surface area contributed by atoms with Crippen molar-refractivity contribution in [2.24, 2.45) is 15.9 Å². The van der Waals surface area contributed by atoms with E-state index in [1.165, 1.54) is 6.21 Å². The number of benzene rings is 2. The third-order valence-electron chi connectivity index (χ3n) is 3.41. The number of phenolic OH excluding ortho intramolecular Hbond substituents is 1. The Bertz CT molecular complexity index is 895. The van der Waals surface area contributed by atoms with Crippen LogP contribution < -0.4 is 5.73 Å². The highest BCUT2D eigenvalue weighted by molar-refractivity contribution is 5.96. The van der Waals surface area contributed by atoms with Crippen molar-refractivity contribution in [3.63, 3.8) is 0 Å². The number of nitrogens with zero attached hydrogens (tertiary/aromatic N) is 3. The van der Waals surface area contributed by atoms with Crippen molar-refractivity contribution >= 4 is 12.1 Å². The molecule has 6 heteroatoms. The van der Waals surface area contributed by atoms with Gasteiger partial charge in [-0.05, 0) is 19.1 Å². The zero-order valence-electron chi connectivity index (χ0n) is 13.0. The summed E-state index contributed by atoms with van der Waals surface area (Å²) in [5, 5.41) is 21.3. The second-order valence-corrected chi connectivity index (χ2v) is 5.23. The van der Waals surface area contributed by atoms with Crippen LogP contribution in [-0.4, -0.2) is 22.3 Å². The van der Waals surface area contributed by atoms with Gasteiger partial charge in [0, 0.05) is 17.2 Å². The molecule has 1 heterocycles. The van der Waals surface area contributed by atoms with Crippen LogP contribution in [0.15, 0.2) is 69.3 Å². The number of hydrogen-bond acceptors (Lipinski definition) is 5. The molecule has 0 atom stereocenters. The average molecular weight is 320 g/mol. The van der Waals surface area contributed by atoms with Crippen LogP contribution in [0, 0.1) is 6.92 Å². The second kappa shape index (κ2) is 6.78. The predicted molar refractivity (Wildman–Crippen MR) is 93.1 cm³/mol. The van der Waals surface area contributed by atoms with Gasteiger partial charge in [0.2, 0.25) is 0 Å². The summed E-state index contributed by atoms with van der Waals surface area (Å²) in [6.07, 6.45) is 1.42. The number of hydrogen-bond donors (Lipinski definition) is 2. The number of para-hydroxylation sites is 1. The monoisotopic (exact) mass is 320 g/mol. The van der Waals surface area contributed by atoms with Crippen molar-refractivity contribution in [1.82, 2.24) is 5.16 Å². The SMILES string of the molecule is Cc1ccc(-c2cc(C(N)=NN=Cc3ccccc3O)no2)cc1. The summed E-state index contributed by atoms with van der Waals surface area (Å²) in [4.78, 5) is 0. The molecule has 3 aromatic rings. The Morgan fingerprint density at radius 1 is 1.17 bits per heavy atom. The first-order chi connectivity index (χ1) is 11.6. The molecule has 0 radical (unpaired) electrons. The molecule has 0 unspecified atom stereocenters. The van der Waals surface area contributed by atoms with E-state index in [-0.39, 0.29) is 11.6 Å². The van der Waals surface area contributed by atoms with E-state index in [4.69, 9.17) is 10.3 Å². The van der Waals surface area contributed by atoms with E-state index in [0.29, 0.717) is 17.0 Å². The summed E-state index contributed by atoms with van der Waals surface area (Å²) >= 11 is 0. The molecule has 0 fully saturated rings. The van der Waals surface area contributed by atoms with E-state index >= 15 is 0 Å². The molecule has 2 aromatic carbocycles. The lowest BCUT2D eigenvalue weighted by Gasteiger charge is -1.95. The van der Waals surface area contributed by atoms with Gasteiger partial charge < -0.3 is 15.4 Å². The number of nitrogens with two attached hydrogens (primary N) is 1. The van der Waals surface area contributed by atoms with E-state index < -0.39 is 0 Å². The van der Waals surface area contributed by atoms with E-state index in [2.05, 4.69) is 15.4 Å². The molecule has 3 N–H and O–H groups in total. The molecule has 3 rings (SSSR count). The topological polar surface area (TPSA) is 97.0 Å². The molecule has 0 saturated carbocycles. The maximum absolute atomic E-state index is 9.64. The first-order valence-electron chi connectivity index (χ1n) is 7.32. The molecule has 0 aliphatic heterocycles. The van der Waals surface area contributed by atoms with Gasteiger partial charge in [0.15, 0.2) is 17.3 Å². The van der Waals surface area contributed by atoms with Gasteiger partial charge in [0.05, 0.1) is 6.21 Å². The third-order valence-corrected chi connectivity index (χ3v) is 3.41. The lowest BCUT2D eigenvalue weighted by molar-refractivity contribution is 0.430. The van der Waals surface area contributed by atoms with Gasteiger partial charge in [0.25, 0.3) is 0 Å². The van der Waals surface area contributed by atoms with E-state index in [0.717, 1.165) is 11.1 Å². The number of aromatic nitrogens is 1. The Labute approximate surface area is 139 Å². The van der Waals surface area contributed by atoms with Crippen molar-refractivity contribution in [1.29, 1.82) is 0 Å². The van der Waals surface area contributed by atoms with Crippen LogP contribution in [0.25, 0.3) is 11.3 Å². The Hall–Kier alpha value is -3.41. The minimum Gasteiger partial charge on any atom is -0.507 e. The molecule has 120 valence electrons. The quantitative estimate of drug-likeness (QED) is 0.438. The molecular formula is C18H16N4O2. The van der Waals surface area contributed by atoms with Crippen LogP contribution in [0.5, 0.6) is 5.75 Å². The standard InChI is InChI=1S/C18H16N4O2/c1-12-6-8-13(9-7-12)17-10-15(22-24-17)18(19)21-20-11-14-4-2-3-5-16(14)23/h2-11,23H,1H3,(H2,19,21). The van der Waals surface area contributed by atoms with E-state index in [1.54, 1.807) is 30.3 Å². The van der Waals surface area contributed by atoms with Crippen molar-refractivity contribution < 1.29 is 9.63 Å².